The fraction of sp³-hybridized carbons (Fsp3) is 0.118. The van der Waals surface area contributed by atoms with Crippen LogP contribution in [0.5, 0.6) is 0 Å². The second-order valence-corrected chi connectivity index (χ2v) is 8.22. The number of Topliss-reactive ketones (excluding diaryl/α,β-unsaturated/α-hetero) is 1. The first kappa shape index (κ1) is 17.0. The van der Waals surface area contributed by atoms with Crippen LogP contribution in [-0.4, -0.2) is 20.8 Å². The molecule has 122 valence electrons. The molecular formula is C17H13FN2OS3. The maximum Gasteiger partial charge on any atom is 0.184 e. The van der Waals surface area contributed by atoms with Crippen molar-refractivity contribution in [3.8, 4) is 5.69 Å². The maximum atomic E-state index is 13.0. The van der Waals surface area contributed by atoms with Gasteiger partial charge in [-0.25, -0.2) is 9.07 Å². The summed E-state index contributed by atoms with van der Waals surface area (Å²) >= 11 is 8.04. The molecule has 3 aromatic rings. The summed E-state index contributed by atoms with van der Waals surface area (Å²) in [7, 11) is 0. The number of ketones is 1. The zero-order valence-electron chi connectivity index (χ0n) is 12.7. The highest BCUT2D eigenvalue weighted by Crippen LogP contribution is 2.29. The van der Waals surface area contributed by atoms with Crippen LogP contribution in [0.2, 0.25) is 0 Å². The fourth-order valence-electron chi connectivity index (χ4n) is 2.10. The second kappa shape index (κ2) is 7.38. The number of aromatic nitrogens is 2. The van der Waals surface area contributed by atoms with Gasteiger partial charge < -0.3 is 0 Å². The number of thioether (sulfide) groups is 1. The fourth-order valence-corrected chi connectivity index (χ4v) is 4.68. The van der Waals surface area contributed by atoms with Gasteiger partial charge in [0.1, 0.15) is 5.82 Å². The summed E-state index contributed by atoms with van der Waals surface area (Å²) in [6, 6.07) is 15.2. The molecule has 0 bridgehead atoms. The van der Waals surface area contributed by atoms with Crippen LogP contribution in [0.25, 0.3) is 5.69 Å². The van der Waals surface area contributed by atoms with E-state index in [9.17, 15) is 9.18 Å². The van der Waals surface area contributed by atoms with E-state index in [0.29, 0.717) is 19.5 Å². The number of carbonyl (C=O) groups excluding carboxylic acids is 1. The van der Waals surface area contributed by atoms with Crippen LogP contribution < -0.4 is 0 Å². The van der Waals surface area contributed by atoms with Crippen LogP contribution in [-0.2, 0) is 0 Å². The van der Waals surface area contributed by atoms with Gasteiger partial charge in [-0.05, 0) is 43.4 Å². The van der Waals surface area contributed by atoms with Gasteiger partial charge in [0, 0.05) is 5.56 Å². The molecule has 3 nitrogen and oxygen atoms in total. The normalized spacial score (nSPS) is 12.1. The van der Waals surface area contributed by atoms with E-state index in [1.165, 1.54) is 35.2 Å². The van der Waals surface area contributed by atoms with Gasteiger partial charge in [0.15, 0.2) is 14.1 Å². The third kappa shape index (κ3) is 3.80. The Morgan fingerprint density at radius 1 is 1.21 bits per heavy atom. The number of rotatable bonds is 5. The van der Waals surface area contributed by atoms with Crippen LogP contribution in [0.15, 0.2) is 58.9 Å². The summed E-state index contributed by atoms with van der Waals surface area (Å²) in [4.78, 5) is 12.4. The summed E-state index contributed by atoms with van der Waals surface area (Å²) < 4.78 is 15.9. The van der Waals surface area contributed by atoms with Crippen molar-refractivity contribution in [2.75, 3.05) is 0 Å². The van der Waals surface area contributed by atoms with E-state index in [0.717, 1.165) is 0 Å². The first-order chi connectivity index (χ1) is 11.5. The van der Waals surface area contributed by atoms with E-state index in [1.54, 1.807) is 28.9 Å². The lowest BCUT2D eigenvalue weighted by Crippen LogP contribution is -2.13. The standard InChI is InChI=1S/C17H13FN2OS3/c1-11(15(21)12-5-3-2-4-6-12)23-16-19-20(17(22)24-16)14-9-7-13(18)8-10-14/h2-11H,1H3. The molecule has 3 rings (SSSR count). The lowest BCUT2D eigenvalue weighted by atomic mass is 10.1. The van der Waals surface area contributed by atoms with Gasteiger partial charge in [-0.3, -0.25) is 4.79 Å². The topological polar surface area (TPSA) is 34.9 Å². The first-order valence-electron chi connectivity index (χ1n) is 7.16. The molecule has 1 unspecified atom stereocenters. The highest BCUT2D eigenvalue weighted by atomic mass is 32.2. The Balaban J connectivity index is 1.79. The van der Waals surface area contributed by atoms with E-state index in [2.05, 4.69) is 5.10 Å². The Labute approximate surface area is 152 Å². The molecule has 0 aliphatic carbocycles. The third-order valence-corrected chi connectivity index (χ3v) is 5.72. The monoisotopic (exact) mass is 376 g/mol. The van der Waals surface area contributed by atoms with Crippen LogP contribution in [0.1, 0.15) is 17.3 Å². The Hall–Kier alpha value is -1.83. The summed E-state index contributed by atoms with van der Waals surface area (Å²) in [6.45, 7) is 1.85. The molecule has 1 aromatic heterocycles. The van der Waals surface area contributed by atoms with Crippen molar-refractivity contribution in [1.29, 1.82) is 0 Å². The van der Waals surface area contributed by atoms with E-state index >= 15 is 0 Å². The predicted octanol–water partition coefficient (Wildman–Crippen LogP) is 5.17. The van der Waals surface area contributed by atoms with Gasteiger partial charge in [-0.15, -0.1) is 5.10 Å². The van der Waals surface area contributed by atoms with Crippen molar-refractivity contribution in [3.63, 3.8) is 0 Å². The van der Waals surface area contributed by atoms with Gasteiger partial charge in [-0.2, -0.15) is 0 Å². The maximum absolute atomic E-state index is 13.0. The summed E-state index contributed by atoms with van der Waals surface area (Å²) in [5.74, 6) is -0.257. The van der Waals surface area contributed by atoms with E-state index in [1.807, 2.05) is 25.1 Å². The van der Waals surface area contributed by atoms with Crippen molar-refractivity contribution >= 4 is 41.1 Å². The Morgan fingerprint density at radius 2 is 1.88 bits per heavy atom. The molecule has 0 saturated heterocycles. The average Bonchev–Trinajstić information content (AvgIpc) is 2.96. The third-order valence-electron chi connectivity index (χ3n) is 3.31. The zero-order valence-corrected chi connectivity index (χ0v) is 15.1. The molecule has 0 spiro atoms. The van der Waals surface area contributed by atoms with Gasteiger partial charge in [-0.1, -0.05) is 53.4 Å². The molecule has 7 heteroatoms. The lowest BCUT2D eigenvalue weighted by Gasteiger charge is -2.07. The zero-order chi connectivity index (χ0) is 17.1. The minimum Gasteiger partial charge on any atom is -0.293 e. The number of halogens is 1. The van der Waals surface area contributed by atoms with Gasteiger partial charge in [0.05, 0.1) is 10.9 Å². The highest BCUT2D eigenvalue weighted by molar-refractivity contribution is 8.02. The van der Waals surface area contributed by atoms with Gasteiger partial charge in [0.2, 0.25) is 0 Å². The van der Waals surface area contributed by atoms with Crippen molar-refractivity contribution in [3.05, 3.63) is 69.9 Å². The average molecular weight is 377 g/mol. The van der Waals surface area contributed by atoms with Crippen molar-refractivity contribution in [1.82, 2.24) is 9.78 Å². The molecular weight excluding hydrogens is 363 g/mol. The van der Waals surface area contributed by atoms with Crippen LogP contribution >= 0.6 is 35.3 Å². The van der Waals surface area contributed by atoms with Crippen LogP contribution in [0, 0.1) is 9.77 Å². The second-order valence-electron chi connectivity index (χ2n) is 5.01. The molecule has 1 atom stereocenters. The summed E-state index contributed by atoms with van der Waals surface area (Å²) in [5.41, 5.74) is 1.38. The number of benzene rings is 2. The first-order valence-corrected chi connectivity index (χ1v) is 9.27. The predicted molar refractivity (Wildman–Crippen MR) is 98.3 cm³/mol. The van der Waals surface area contributed by atoms with Crippen molar-refractivity contribution < 1.29 is 9.18 Å². The number of carbonyl (C=O) groups is 1. The SMILES string of the molecule is CC(Sc1nn(-c2ccc(F)cc2)c(=S)s1)C(=O)c1ccccc1. The molecule has 2 aromatic carbocycles. The van der Waals surface area contributed by atoms with Gasteiger partial charge >= 0.3 is 0 Å². The molecule has 0 amide bonds. The molecule has 1 heterocycles. The van der Waals surface area contributed by atoms with E-state index < -0.39 is 0 Å². The molecule has 0 aliphatic rings. The molecule has 0 saturated carbocycles. The quantitative estimate of drug-likeness (QED) is 0.350. The minimum atomic E-state index is -0.308. The van der Waals surface area contributed by atoms with E-state index in [-0.39, 0.29) is 16.9 Å². The summed E-state index contributed by atoms with van der Waals surface area (Å²) in [6.07, 6.45) is 0. The molecule has 24 heavy (non-hydrogen) atoms. The molecule has 0 aliphatic heterocycles. The van der Waals surface area contributed by atoms with Crippen LogP contribution in [0.3, 0.4) is 0 Å². The largest absolute Gasteiger partial charge is 0.293 e. The Bertz CT molecular complexity index is 904. The van der Waals surface area contributed by atoms with Crippen LogP contribution in [0.4, 0.5) is 4.39 Å². The minimum absolute atomic E-state index is 0.0510. The number of nitrogens with zero attached hydrogens (tertiary/aromatic N) is 2. The Kier molecular flexibility index (Phi) is 5.23. The summed E-state index contributed by atoms with van der Waals surface area (Å²) in [5, 5.41) is 4.18. The lowest BCUT2D eigenvalue weighted by molar-refractivity contribution is 0.0994. The highest BCUT2D eigenvalue weighted by Gasteiger charge is 2.18. The van der Waals surface area contributed by atoms with E-state index in [4.69, 9.17) is 12.2 Å². The molecule has 0 N–H and O–H groups in total. The number of hydrogen-bond donors (Lipinski definition) is 0. The van der Waals surface area contributed by atoms with Gasteiger partial charge in [0.25, 0.3) is 0 Å². The van der Waals surface area contributed by atoms with Crippen molar-refractivity contribution in [2.24, 2.45) is 0 Å². The van der Waals surface area contributed by atoms with Crippen molar-refractivity contribution in [2.45, 2.75) is 16.5 Å². The number of hydrogen-bond acceptors (Lipinski definition) is 5. The smallest absolute Gasteiger partial charge is 0.184 e. The molecule has 0 fully saturated rings. The Morgan fingerprint density at radius 3 is 2.54 bits per heavy atom. The molecule has 0 radical (unpaired) electrons.